The van der Waals surface area contributed by atoms with Gasteiger partial charge in [0.2, 0.25) is 5.91 Å². The summed E-state index contributed by atoms with van der Waals surface area (Å²) in [5, 5.41) is 14.7. The van der Waals surface area contributed by atoms with Crippen molar-refractivity contribution in [2.45, 2.75) is 37.8 Å². The lowest BCUT2D eigenvalue weighted by Crippen LogP contribution is -2.36. The van der Waals surface area contributed by atoms with E-state index in [1.165, 1.54) is 6.33 Å². The van der Waals surface area contributed by atoms with Crippen molar-refractivity contribution in [3.8, 4) is 5.75 Å². The first-order valence-corrected chi connectivity index (χ1v) is 9.57. The third-order valence-corrected chi connectivity index (χ3v) is 6.04. The molecule has 2 fully saturated rings. The van der Waals surface area contributed by atoms with Crippen molar-refractivity contribution in [1.29, 1.82) is 0 Å². The Morgan fingerprint density at radius 1 is 1.26 bits per heavy atom. The van der Waals surface area contributed by atoms with E-state index in [0.717, 1.165) is 30.8 Å². The van der Waals surface area contributed by atoms with Crippen molar-refractivity contribution in [3.05, 3.63) is 42.5 Å². The Morgan fingerprint density at radius 2 is 2.04 bits per heavy atom. The molecule has 4 rings (SSSR count). The molecule has 144 valence electrons. The van der Waals surface area contributed by atoms with E-state index in [1.807, 2.05) is 29.2 Å². The molecule has 2 heterocycles. The van der Waals surface area contributed by atoms with Gasteiger partial charge in [-0.15, -0.1) is 0 Å². The number of para-hydroxylation sites is 1. The number of hydrogen-bond donors (Lipinski definition) is 1. The van der Waals surface area contributed by atoms with Crippen LogP contribution in [-0.2, 0) is 11.2 Å². The molecule has 1 aliphatic heterocycles. The molecule has 7 heteroatoms. The molecule has 4 atom stereocenters. The van der Waals surface area contributed by atoms with Gasteiger partial charge in [0.25, 0.3) is 0 Å². The number of carbonyl (C=O) groups is 1. The summed E-state index contributed by atoms with van der Waals surface area (Å²) in [7, 11) is 1.66. The molecule has 0 unspecified atom stereocenters. The molecule has 1 aromatic carbocycles. The summed E-state index contributed by atoms with van der Waals surface area (Å²) in [5.41, 5.74) is 1.06. The summed E-state index contributed by atoms with van der Waals surface area (Å²) in [6.45, 7) is 1.52. The number of hydrogen-bond acceptors (Lipinski definition) is 5. The van der Waals surface area contributed by atoms with E-state index in [4.69, 9.17) is 4.74 Å². The fourth-order valence-electron chi connectivity index (χ4n) is 4.59. The van der Waals surface area contributed by atoms with Crippen LogP contribution in [0.4, 0.5) is 0 Å². The summed E-state index contributed by atoms with van der Waals surface area (Å²) in [6.07, 6.45) is 5.45. The van der Waals surface area contributed by atoms with Crippen LogP contribution >= 0.6 is 0 Å². The molecule has 0 radical (unpaired) electrons. The topological polar surface area (TPSA) is 80.5 Å². The highest BCUT2D eigenvalue weighted by atomic mass is 16.5. The summed E-state index contributed by atoms with van der Waals surface area (Å²) >= 11 is 0. The molecule has 1 saturated carbocycles. The van der Waals surface area contributed by atoms with Crippen LogP contribution in [0.5, 0.6) is 5.75 Å². The number of aliphatic hydroxyl groups excluding tert-OH is 1. The molecule has 0 bridgehead atoms. The molecule has 0 spiro atoms. The highest BCUT2D eigenvalue weighted by Gasteiger charge is 2.43. The lowest BCUT2D eigenvalue weighted by atomic mass is 9.77. The first-order chi connectivity index (χ1) is 13.2. The maximum absolute atomic E-state index is 12.7. The van der Waals surface area contributed by atoms with Crippen LogP contribution in [0.3, 0.4) is 0 Å². The molecular formula is C20H26N4O3. The number of fused-ring (bicyclic) bond motifs is 1. The van der Waals surface area contributed by atoms with Gasteiger partial charge in [0.05, 0.1) is 19.3 Å². The highest BCUT2D eigenvalue weighted by Crippen LogP contribution is 2.41. The largest absolute Gasteiger partial charge is 0.496 e. The van der Waals surface area contributed by atoms with Crippen LogP contribution in [0.2, 0.25) is 0 Å². The fraction of sp³-hybridized carbons (Fsp3) is 0.550. The number of ether oxygens (including phenoxy) is 1. The first-order valence-electron chi connectivity index (χ1n) is 9.57. The summed E-state index contributed by atoms with van der Waals surface area (Å²) < 4.78 is 7.13. The van der Waals surface area contributed by atoms with Crippen molar-refractivity contribution in [2.24, 2.45) is 11.8 Å². The van der Waals surface area contributed by atoms with Gasteiger partial charge in [-0.1, -0.05) is 18.2 Å². The average molecular weight is 370 g/mol. The zero-order chi connectivity index (χ0) is 18.8. The van der Waals surface area contributed by atoms with E-state index in [-0.39, 0.29) is 11.9 Å². The Labute approximate surface area is 159 Å². The molecule has 7 nitrogen and oxygen atoms in total. The summed E-state index contributed by atoms with van der Waals surface area (Å²) in [6, 6.07) is 7.80. The minimum Gasteiger partial charge on any atom is -0.496 e. The van der Waals surface area contributed by atoms with Crippen LogP contribution in [0, 0.1) is 11.8 Å². The number of likely N-dealkylation sites (tertiary alicyclic amines) is 1. The van der Waals surface area contributed by atoms with Gasteiger partial charge in [-0.3, -0.25) is 4.79 Å². The predicted octanol–water partition coefficient (Wildman–Crippen LogP) is 1.69. The van der Waals surface area contributed by atoms with Gasteiger partial charge in [0.15, 0.2) is 0 Å². The van der Waals surface area contributed by atoms with Crippen LogP contribution in [-0.4, -0.2) is 57.0 Å². The molecule has 1 aromatic heterocycles. The lowest BCUT2D eigenvalue weighted by Gasteiger charge is -2.34. The number of nitrogens with zero attached hydrogens (tertiary/aromatic N) is 4. The predicted molar refractivity (Wildman–Crippen MR) is 99.2 cm³/mol. The second-order valence-electron chi connectivity index (χ2n) is 7.61. The molecule has 2 aromatic rings. The standard InChI is InChI=1S/C20H26N4O3/c1-27-19-5-3-2-4-14(19)6-7-20(26)23-10-15-8-17(24-13-21-12-22-24)18(25)9-16(15)11-23/h2-5,12-13,15-18,25H,6-11H2,1H3/t15-,16+,17-,18-/m1/s1. The smallest absolute Gasteiger partial charge is 0.222 e. The maximum atomic E-state index is 12.7. The normalized spacial score (nSPS) is 27.4. The van der Waals surface area contributed by atoms with E-state index in [1.54, 1.807) is 18.1 Å². The van der Waals surface area contributed by atoms with E-state index < -0.39 is 6.10 Å². The number of amides is 1. The Balaban J connectivity index is 1.35. The minimum absolute atomic E-state index is 0.0441. The van der Waals surface area contributed by atoms with Crippen molar-refractivity contribution in [3.63, 3.8) is 0 Å². The quantitative estimate of drug-likeness (QED) is 0.866. The van der Waals surface area contributed by atoms with Gasteiger partial charge in [0, 0.05) is 19.5 Å². The van der Waals surface area contributed by atoms with Gasteiger partial charge in [-0.25, -0.2) is 9.67 Å². The van der Waals surface area contributed by atoms with E-state index >= 15 is 0 Å². The van der Waals surface area contributed by atoms with E-state index in [2.05, 4.69) is 10.1 Å². The molecule has 1 saturated heterocycles. The fourth-order valence-corrected chi connectivity index (χ4v) is 4.59. The van der Waals surface area contributed by atoms with Gasteiger partial charge < -0.3 is 14.7 Å². The second-order valence-corrected chi connectivity index (χ2v) is 7.61. The average Bonchev–Trinajstić information content (AvgIpc) is 3.35. The van der Waals surface area contributed by atoms with Crippen molar-refractivity contribution >= 4 is 5.91 Å². The third-order valence-electron chi connectivity index (χ3n) is 6.04. The van der Waals surface area contributed by atoms with Crippen molar-refractivity contribution < 1.29 is 14.6 Å². The summed E-state index contributed by atoms with van der Waals surface area (Å²) in [5.74, 6) is 1.80. The zero-order valence-corrected chi connectivity index (χ0v) is 15.6. The number of rotatable bonds is 5. The van der Waals surface area contributed by atoms with Gasteiger partial charge >= 0.3 is 0 Å². The van der Waals surface area contributed by atoms with Gasteiger partial charge in [-0.05, 0) is 42.7 Å². The highest BCUT2D eigenvalue weighted by molar-refractivity contribution is 5.77. The number of benzene rings is 1. The Hall–Kier alpha value is -2.41. The zero-order valence-electron chi connectivity index (χ0n) is 15.6. The Morgan fingerprint density at radius 3 is 2.78 bits per heavy atom. The number of aromatic nitrogens is 3. The number of aliphatic hydroxyl groups is 1. The number of aryl methyl sites for hydroxylation is 1. The first kappa shape index (κ1) is 18.0. The number of carbonyl (C=O) groups excluding carboxylic acids is 1. The lowest BCUT2D eigenvalue weighted by molar-refractivity contribution is -0.130. The van der Waals surface area contributed by atoms with E-state index in [0.29, 0.717) is 31.1 Å². The number of methoxy groups -OCH3 is 1. The minimum atomic E-state index is -0.434. The van der Waals surface area contributed by atoms with Crippen LogP contribution in [0.1, 0.15) is 30.9 Å². The molecule has 2 aliphatic rings. The Kier molecular flexibility index (Phi) is 5.11. The molecule has 1 amide bonds. The molecule has 27 heavy (non-hydrogen) atoms. The third kappa shape index (κ3) is 3.69. The Bertz CT molecular complexity index is 779. The SMILES string of the molecule is COc1ccccc1CCC(=O)N1C[C@H]2C[C@@H](n3cncn3)[C@H](O)C[C@H]2C1. The van der Waals surface area contributed by atoms with Crippen molar-refractivity contribution in [2.75, 3.05) is 20.2 Å². The van der Waals surface area contributed by atoms with Crippen LogP contribution in [0.25, 0.3) is 0 Å². The van der Waals surface area contributed by atoms with Crippen LogP contribution < -0.4 is 4.74 Å². The maximum Gasteiger partial charge on any atom is 0.222 e. The molecular weight excluding hydrogens is 344 g/mol. The van der Waals surface area contributed by atoms with Gasteiger partial charge in [0.1, 0.15) is 18.4 Å². The monoisotopic (exact) mass is 370 g/mol. The molecule has 1 aliphatic carbocycles. The second kappa shape index (κ2) is 7.68. The van der Waals surface area contributed by atoms with Gasteiger partial charge in [-0.2, -0.15) is 5.10 Å². The molecule has 1 N–H and O–H groups in total. The van der Waals surface area contributed by atoms with E-state index in [9.17, 15) is 9.90 Å². The van der Waals surface area contributed by atoms with Crippen LogP contribution in [0.15, 0.2) is 36.9 Å². The van der Waals surface area contributed by atoms with Crippen molar-refractivity contribution in [1.82, 2.24) is 19.7 Å². The summed E-state index contributed by atoms with van der Waals surface area (Å²) in [4.78, 5) is 18.7.